The Kier molecular flexibility index (Phi) is 4.45. The number of nitrogens with zero attached hydrogens (tertiary/aromatic N) is 1. The molecule has 116 valence electrons. The lowest BCUT2D eigenvalue weighted by Gasteiger charge is -2.31. The molecule has 0 aromatic heterocycles. The highest BCUT2D eigenvalue weighted by molar-refractivity contribution is 5.66. The Morgan fingerprint density at radius 2 is 2.18 bits per heavy atom. The minimum Gasteiger partial charge on any atom is -0.494 e. The SMILES string of the molecule is CCOc1ccccc1C1C=CC=CC1(NC(=O)O)[N+](=O)[O-]. The van der Waals surface area contributed by atoms with E-state index in [9.17, 15) is 14.9 Å². The predicted molar refractivity (Wildman–Crippen MR) is 79.5 cm³/mol. The molecular weight excluding hydrogens is 288 g/mol. The van der Waals surface area contributed by atoms with Gasteiger partial charge in [0, 0.05) is 11.6 Å². The first-order valence-electron chi connectivity index (χ1n) is 6.74. The summed E-state index contributed by atoms with van der Waals surface area (Å²) in [5.74, 6) is -0.320. The van der Waals surface area contributed by atoms with Gasteiger partial charge in [0.05, 0.1) is 11.5 Å². The van der Waals surface area contributed by atoms with Gasteiger partial charge in [-0.2, -0.15) is 0 Å². The van der Waals surface area contributed by atoms with Crippen molar-refractivity contribution >= 4 is 6.09 Å². The summed E-state index contributed by atoms with van der Waals surface area (Å²) in [6.07, 6.45) is 4.48. The number of carboxylic acid groups (broad SMARTS) is 1. The summed E-state index contributed by atoms with van der Waals surface area (Å²) in [6, 6.07) is 6.89. The molecule has 0 aliphatic heterocycles. The maximum Gasteiger partial charge on any atom is 0.410 e. The highest BCUT2D eigenvalue weighted by Crippen LogP contribution is 2.38. The third-order valence-corrected chi connectivity index (χ3v) is 3.40. The predicted octanol–water partition coefficient (Wildman–Crippen LogP) is 2.54. The molecule has 7 nitrogen and oxygen atoms in total. The van der Waals surface area contributed by atoms with Gasteiger partial charge in [0.2, 0.25) is 0 Å². The van der Waals surface area contributed by atoms with E-state index in [0.717, 1.165) is 0 Å². The van der Waals surface area contributed by atoms with Gasteiger partial charge in [-0.05, 0) is 13.0 Å². The highest BCUT2D eigenvalue weighted by Gasteiger charge is 2.51. The standard InChI is InChI=1S/C15H16N2O5/c1-2-22-13-9-4-3-7-11(13)12-8-5-6-10-15(12,17(20)21)16-14(18)19/h3-10,12,16H,2H2,1H3,(H,18,19). The van der Waals surface area contributed by atoms with Crippen molar-refractivity contribution in [2.75, 3.05) is 6.61 Å². The summed E-state index contributed by atoms with van der Waals surface area (Å²) in [6.45, 7) is 2.21. The number of amides is 1. The maximum atomic E-state index is 11.6. The van der Waals surface area contributed by atoms with Gasteiger partial charge in [0.25, 0.3) is 0 Å². The van der Waals surface area contributed by atoms with Gasteiger partial charge in [0.15, 0.2) is 0 Å². The van der Waals surface area contributed by atoms with E-state index in [0.29, 0.717) is 17.9 Å². The molecule has 0 radical (unpaired) electrons. The van der Waals surface area contributed by atoms with Crippen molar-refractivity contribution in [1.29, 1.82) is 0 Å². The van der Waals surface area contributed by atoms with E-state index in [-0.39, 0.29) is 0 Å². The van der Waals surface area contributed by atoms with E-state index in [1.807, 2.05) is 12.2 Å². The maximum absolute atomic E-state index is 11.6. The molecule has 2 N–H and O–H groups in total. The van der Waals surface area contributed by atoms with Crippen molar-refractivity contribution in [2.24, 2.45) is 0 Å². The molecule has 0 saturated carbocycles. The van der Waals surface area contributed by atoms with Crippen LogP contribution in [0, 0.1) is 10.1 Å². The second-order valence-electron chi connectivity index (χ2n) is 4.71. The molecule has 2 rings (SSSR count). The molecule has 1 aliphatic carbocycles. The third-order valence-electron chi connectivity index (χ3n) is 3.40. The van der Waals surface area contributed by atoms with Crippen molar-refractivity contribution in [3.63, 3.8) is 0 Å². The average molecular weight is 304 g/mol. The molecule has 2 unspecified atom stereocenters. The van der Waals surface area contributed by atoms with Crippen LogP contribution in [0.5, 0.6) is 5.75 Å². The van der Waals surface area contributed by atoms with Crippen LogP contribution in [0.1, 0.15) is 18.4 Å². The van der Waals surface area contributed by atoms with Crippen LogP contribution in [-0.4, -0.2) is 28.4 Å². The molecule has 0 spiro atoms. The van der Waals surface area contributed by atoms with Gasteiger partial charge in [-0.1, -0.05) is 36.4 Å². The quantitative estimate of drug-likeness (QED) is 0.494. The molecule has 7 heteroatoms. The molecule has 0 heterocycles. The largest absolute Gasteiger partial charge is 0.494 e. The van der Waals surface area contributed by atoms with Crippen LogP contribution >= 0.6 is 0 Å². The molecular formula is C15H16N2O5. The van der Waals surface area contributed by atoms with Crippen LogP contribution in [0.2, 0.25) is 0 Å². The van der Waals surface area contributed by atoms with Crippen molar-refractivity contribution < 1.29 is 19.6 Å². The topological polar surface area (TPSA) is 102 Å². The Balaban J connectivity index is 2.55. The van der Waals surface area contributed by atoms with Gasteiger partial charge in [-0.15, -0.1) is 0 Å². The number of hydrogen-bond donors (Lipinski definition) is 2. The van der Waals surface area contributed by atoms with Gasteiger partial charge < -0.3 is 9.84 Å². The highest BCUT2D eigenvalue weighted by atomic mass is 16.6. The molecule has 22 heavy (non-hydrogen) atoms. The van der Waals surface area contributed by atoms with Crippen LogP contribution < -0.4 is 10.1 Å². The third kappa shape index (κ3) is 2.78. The number of nitrogens with one attached hydrogen (secondary N) is 1. The van der Waals surface area contributed by atoms with Crippen LogP contribution in [0.4, 0.5) is 4.79 Å². The van der Waals surface area contributed by atoms with Gasteiger partial charge >= 0.3 is 11.8 Å². The number of hydrogen-bond acceptors (Lipinski definition) is 4. The lowest BCUT2D eigenvalue weighted by molar-refractivity contribution is -0.563. The van der Waals surface area contributed by atoms with Crippen molar-refractivity contribution in [3.8, 4) is 5.75 Å². The normalized spacial score (nSPS) is 23.0. The van der Waals surface area contributed by atoms with Crippen molar-refractivity contribution in [2.45, 2.75) is 18.5 Å². The minimum atomic E-state index is -1.96. The summed E-state index contributed by atoms with van der Waals surface area (Å²) >= 11 is 0. The lowest BCUT2D eigenvalue weighted by atomic mass is 9.82. The Bertz CT molecular complexity index is 641. The van der Waals surface area contributed by atoms with E-state index in [1.165, 1.54) is 12.2 Å². The second kappa shape index (κ2) is 6.30. The summed E-state index contributed by atoms with van der Waals surface area (Å²) in [5.41, 5.74) is -1.41. The summed E-state index contributed by atoms with van der Waals surface area (Å²) in [7, 11) is 0. The first-order valence-corrected chi connectivity index (χ1v) is 6.74. The molecule has 0 fully saturated rings. The molecule has 0 bridgehead atoms. The van der Waals surface area contributed by atoms with Crippen molar-refractivity contribution in [3.05, 3.63) is 64.2 Å². The van der Waals surface area contributed by atoms with E-state index in [4.69, 9.17) is 9.84 Å². The Labute approximate surface area is 127 Å². The van der Waals surface area contributed by atoms with Gasteiger partial charge in [-0.3, -0.25) is 15.4 Å². The number of rotatable bonds is 5. The van der Waals surface area contributed by atoms with E-state index in [2.05, 4.69) is 0 Å². The summed E-state index contributed by atoms with van der Waals surface area (Å²) in [4.78, 5) is 22.0. The molecule has 2 atom stereocenters. The number of carbonyl (C=O) groups is 1. The number of para-hydroxylation sites is 1. The first kappa shape index (κ1) is 15.6. The lowest BCUT2D eigenvalue weighted by Crippen LogP contribution is -2.56. The van der Waals surface area contributed by atoms with Gasteiger partial charge in [0.1, 0.15) is 11.7 Å². The molecule has 0 saturated heterocycles. The number of ether oxygens (including phenoxy) is 1. The first-order chi connectivity index (χ1) is 10.5. The van der Waals surface area contributed by atoms with Crippen LogP contribution in [-0.2, 0) is 0 Å². The fourth-order valence-electron chi connectivity index (χ4n) is 2.50. The van der Waals surface area contributed by atoms with Crippen LogP contribution in [0.3, 0.4) is 0 Å². The van der Waals surface area contributed by atoms with E-state index in [1.54, 1.807) is 36.4 Å². The second-order valence-corrected chi connectivity index (χ2v) is 4.71. The van der Waals surface area contributed by atoms with E-state index >= 15 is 0 Å². The summed E-state index contributed by atoms with van der Waals surface area (Å²) in [5, 5.41) is 22.7. The fraction of sp³-hybridized carbons (Fsp3) is 0.267. The van der Waals surface area contributed by atoms with Gasteiger partial charge in [-0.25, -0.2) is 4.79 Å². The molecule has 1 aliphatic rings. The zero-order chi connectivity index (χ0) is 16.2. The Morgan fingerprint density at radius 3 is 2.82 bits per heavy atom. The molecule has 1 amide bonds. The number of benzene rings is 1. The van der Waals surface area contributed by atoms with Crippen molar-refractivity contribution in [1.82, 2.24) is 5.32 Å². The minimum absolute atomic E-state index is 0.404. The zero-order valence-electron chi connectivity index (χ0n) is 11.9. The number of nitro groups is 1. The Hall–Kier alpha value is -2.83. The molecule has 1 aromatic carbocycles. The molecule has 1 aromatic rings. The average Bonchev–Trinajstić information content (AvgIpc) is 2.48. The van der Waals surface area contributed by atoms with E-state index < -0.39 is 22.6 Å². The number of allylic oxidation sites excluding steroid dienone is 2. The van der Waals surface area contributed by atoms with Crippen LogP contribution in [0.15, 0.2) is 48.6 Å². The monoisotopic (exact) mass is 304 g/mol. The summed E-state index contributed by atoms with van der Waals surface area (Å²) < 4.78 is 5.51. The van der Waals surface area contributed by atoms with Crippen LogP contribution in [0.25, 0.3) is 0 Å². The zero-order valence-corrected chi connectivity index (χ0v) is 11.9. The fourth-order valence-corrected chi connectivity index (χ4v) is 2.50. The Morgan fingerprint density at radius 1 is 1.45 bits per heavy atom. The smallest absolute Gasteiger partial charge is 0.410 e.